The summed E-state index contributed by atoms with van der Waals surface area (Å²) in [4.78, 5) is 18.1. The molecule has 0 saturated carbocycles. The van der Waals surface area contributed by atoms with Gasteiger partial charge in [0.05, 0.1) is 17.2 Å². The fraction of sp³-hybridized carbons (Fsp3) is 0.250. The largest absolute Gasteiger partial charge is 0.494 e. The number of anilines is 1. The number of hydrogen-bond donors (Lipinski definition) is 0. The second kappa shape index (κ2) is 14.5. The highest BCUT2D eigenvalue weighted by Gasteiger charge is 2.33. The van der Waals surface area contributed by atoms with Gasteiger partial charge in [0.15, 0.2) is 4.32 Å². The molecule has 2 aliphatic rings. The molecule has 3 aromatic carbocycles. The Morgan fingerprint density at radius 2 is 1.49 bits per heavy atom. The quantitative estimate of drug-likeness (QED) is 0.148. The summed E-state index contributed by atoms with van der Waals surface area (Å²) in [5.74, 6) is 0.707. The van der Waals surface area contributed by atoms with Crippen LogP contribution in [0.4, 0.5) is 5.69 Å². The van der Waals surface area contributed by atoms with E-state index in [1.807, 2.05) is 72.8 Å². The van der Waals surface area contributed by atoms with E-state index in [1.165, 1.54) is 44.1 Å². The van der Waals surface area contributed by atoms with Crippen molar-refractivity contribution in [1.29, 1.82) is 0 Å². The van der Waals surface area contributed by atoms with E-state index < -0.39 is 0 Å². The Morgan fingerprint density at radius 1 is 0.872 bits per heavy atom. The molecule has 0 atom stereocenters. The van der Waals surface area contributed by atoms with E-state index >= 15 is 0 Å². The molecule has 2 aliphatic heterocycles. The standard InChI is InChI=1S/C32H32N2O2S2.ClH/c35-31-30(20-19-29(25-11-4-1-5-12-25)26-13-6-2-7-14-26)38-32(37)34(31)27-15-17-28(18-16-27)36-24-10-23-33-21-8-3-9-22-33;/h1-2,4-7,11-20H,3,8-10,21-24H2;1H. The third-order valence-electron chi connectivity index (χ3n) is 6.80. The molecule has 202 valence electrons. The SMILES string of the molecule is Cl.O=C1C(=CC=C(c2ccccc2)c2ccccc2)SC(=S)N1c1ccc(OCCCN2CCCCC2)cc1. The molecule has 2 heterocycles. The van der Waals surface area contributed by atoms with Crippen LogP contribution >= 0.6 is 36.4 Å². The highest BCUT2D eigenvalue weighted by atomic mass is 35.5. The molecule has 0 spiro atoms. The van der Waals surface area contributed by atoms with Crippen LogP contribution in [0, 0.1) is 0 Å². The lowest BCUT2D eigenvalue weighted by Gasteiger charge is -2.26. The van der Waals surface area contributed by atoms with Gasteiger partial charge < -0.3 is 9.64 Å². The number of rotatable bonds is 9. The van der Waals surface area contributed by atoms with Crippen LogP contribution in [0.5, 0.6) is 5.75 Å². The Hall–Kier alpha value is -2.90. The predicted molar refractivity (Wildman–Crippen MR) is 170 cm³/mol. The number of allylic oxidation sites excluding steroid dienone is 2. The van der Waals surface area contributed by atoms with Crippen LogP contribution in [-0.2, 0) is 4.79 Å². The van der Waals surface area contributed by atoms with Gasteiger partial charge in [-0.05, 0) is 79.4 Å². The molecule has 0 aliphatic carbocycles. The Labute approximate surface area is 247 Å². The van der Waals surface area contributed by atoms with Gasteiger partial charge in [0.2, 0.25) is 0 Å². The third-order valence-corrected chi connectivity index (χ3v) is 8.12. The number of ether oxygens (including phenoxy) is 1. The van der Waals surface area contributed by atoms with E-state index in [9.17, 15) is 4.79 Å². The van der Waals surface area contributed by atoms with Gasteiger partial charge in [-0.2, -0.15) is 0 Å². The molecule has 0 aromatic heterocycles. The first-order valence-electron chi connectivity index (χ1n) is 13.2. The van der Waals surface area contributed by atoms with Gasteiger partial charge in [-0.3, -0.25) is 9.69 Å². The van der Waals surface area contributed by atoms with Gasteiger partial charge in [-0.15, -0.1) is 12.4 Å². The van der Waals surface area contributed by atoms with E-state index in [2.05, 4.69) is 29.2 Å². The zero-order chi connectivity index (χ0) is 26.2. The summed E-state index contributed by atoms with van der Waals surface area (Å²) < 4.78 is 6.48. The second-order valence-corrected chi connectivity index (χ2v) is 11.1. The summed E-state index contributed by atoms with van der Waals surface area (Å²) in [7, 11) is 0. The Bertz CT molecular complexity index is 1260. The highest BCUT2D eigenvalue weighted by Crippen LogP contribution is 2.36. The topological polar surface area (TPSA) is 32.8 Å². The number of nitrogens with zero attached hydrogens (tertiary/aromatic N) is 2. The van der Waals surface area contributed by atoms with Crippen molar-refractivity contribution in [2.24, 2.45) is 0 Å². The smallest absolute Gasteiger partial charge is 0.270 e. The summed E-state index contributed by atoms with van der Waals surface area (Å²) in [5, 5.41) is 0. The van der Waals surface area contributed by atoms with Crippen LogP contribution in [0.1, 0.15) is 36.8 Å². The number of amides is 1. The first kappa shape index (κ1) is 29.1. The Balaban J connectivity index is 0.00000353. The molecule has 7 heteroatoms. The molecule has 4 nitrogen and oxygen atoms in total. The fourth-order valence-corrected chi connectivity index (χ4v) is 6.05. The fourth-order valence-electron chi connectivity index (χ4n) is 4.81. The van der Waals surface area contributed by atoms with Crippen LogP contribution in [0.3, 0.4) is 0 Å². The van der Waals surface area contributed by atoms with Crippen molar-refractivity contribution in [1.82, 2.24) is 4.90 Å². The van der Waals surface area contributed by atoms with Crippen LogP contribution in [-0.4, -0.2) is 41.4 Å². The van der Waals surface area contributed by atoms with E-state index in [1.54, 1.807) is 4.90 Å². The summed E-state index contributed by atoms with van der Waals surface area (Å²) in [6.07, 6.45) is 8.89. The summed E-state index contributed by atoms with van der Waals surface area (Å²) >= 11 is 6.93. The van der Waals surface area contributed by atoms with Crippen LogP contribution in [0.2, 0.25) is 0 Å². The zero-order valence-electron chi connectivity index (χ0n) is 21.8. The first-order valence-corrected chi connectivity index (χ1v) is 14.5. The minimum Gasteiger partial charge on any atom is -0.494 e. The lowest BCUT2D eigenvalue weighted by atomic mass is 9.97. The second-order valence-electron chi connectivity index (χ2n) is 9.45. The molecular formula is C32H33ClN2O2S2. The van der Waals surface area contributed by atoms with Gasteiger partial charge in [0.25, 0.3) is 5.91 Å². The number of thiocarbonyl (C=S) groups is 1. The van der Waals surface area contributed by atoms with Crippen molar-refractivity contribution in [2.75, 3.05) is 31.1 Å². The van der Waals surface area contributed by atoms with Crippen LogP contribution < -0.4 is 9.64 Å². The van der Waals surface area contributed by atoms with Crippen molar-refractivity contribution in [3.63, 3.8) is 0 Å². The van der Waals surface area contributed by atoms with Gasteiger partial charge >= 0.3 is 0 Å². The molecule has 0 unspecified atom stereocenters. The van der Waals surface area contributed by atoms with E-state index in [0.717, 1.165) is 41.1 Å². The number of hydrogen-bond acceptors (Lipinski definition) is 5. The minimum absolute atomic E-state index is 0. The highest BCUT2D eigenvalue weighted by molar-refractivity contribution is 8.27. The number of carbonyl (C=O) groups excluding carboxylic acids is 1. The monoisotopic (exact) mass is 576 g/mol. The maximum atomic E-state index is 13.3. The number of likely N-dealkylation sites (tertiary alicyclic amines) is 1. The maximum Gasteiger partial charge on any atom is 0.270 e. The molecule has 5 rings (SSSR count). The lowest BCUT2D eigenvalue weighted by Crippen LogP contribution is -2.31. The van der Waals surface area contributed by atoms with Crippen molar-refractivity contribution in [3.05, 3.63) is 113 Å². The van der Waals surface area contributed by atoms with Gasteiger partial charge in [0.1, 0.15) is 5.75 Å². The normalized spacial score (nSPS) is 16.7. The number of benzene rings is 3. The van der Waals surface area contributed by atoms with Gasteiger partial charge in [0, 0.05) is 6.54 Å². The van der Waals surface area contributed by atoms with Crippen molar-refractivity contribution >= 4 is 57.9 Å². The van der Waals surface area contributed by atoms with Gasteiger partial charge in [-0.25, -0.2) is 0 Å². The molecule has 1 amide bonds. The maximum absolute atomic E-state index is 13.3. The van der Waals surface area contributed by atoms with Crippen molar-refractivity contribution in [3.8, 4) is 5.75 Å². The van der Waals surface area contributed by atoms with Crippen LogP contribution in [0.25, 0.3) is 5.57 Å². The number of carbonyl (C=O) groups is 1. The molecule has 39 heavy (non-hydrogen) atoms. The number of halogens is 1. The molecule has 3 aromatic rings. The average Bonchev–Trinajstić information content (AvgIpc) is 3.25. The van der Waals surface area contributed by atoms with Crippen LogP contribution in [0.15, 0.2) is 102 Å². The van der Waals surface area contributed by atoms with E-state index in [-0.39, 0.29) is 18.3 Å². The first-order chi connectivity index (χ1) is 18.7. The van der Waals surface area contributed by atoms with E-state index in [4.69, 9.17) is 17.0 Å². The molecule has 2 saturated heterocycles. The average molecular weight is 577 g/mol. The number of thioether (sulfide) groups is 1. The summed E-state index contributed by atoms with van der Waals surface area (Å²) in [5.41, 5.74) is 4.00. The molecule has 0 bridgehead atoms. The molecular weight excluding hydrogens is 544 g/mol. The molecule has 0 radical (unpaired) electrons. The molecule has 2 fully saturated rings. The molecule has 0 N–H and O–H groups in total. The van der Waals surface area contributed by atoms with Crippen molar-refractivity contribution < 1.29 is 9.53 Å². The number of piperidine rings is 1. The third kappa shape index (κ3) is 7.61. The van der Waals surface area contributed by atoms with E-state index in [0.29, 0.717) is 15.8 Å². The Morgan fingerprint density at radius 3 is 2.10 bits per heavy atom. The van der Waals surface area contributed by atoms with Gasteiger partial charge in [-0.1, -0.05) is 97.1 Å². The van der Waals surface area contributed by atoms with Crippen molar-refractivity contribution in [2.45, 2.75) is 25.7 Å². The lowest BCUT2D eigenvalue weighted by molar-refractivity contribution is -0.113. The minimum atomic E-state index is -0.105. The predicted octanol–water partition coefficient (Wildman–Crippen LogP) is 7.74. The summed E-state index contributed by atoms with van der Waals surface area (Å²) in [6, 6.07) is 28.1. The summed E-state index contributed by atoms with van der Waals surface area (Å²) in [6.45, 7) is 4.20. The zero-order valence-corrected chi connectivity index (χ0v) is 24.3. The Kier molecular flexibility index (Phi) is 10.8.